The fraction of sp³-hybridized carbons (Fsp3) is 0.154. The van der Waals surface area contributed by atoms with Crippen molar-refractivity contribution in [2.45, 2.75) is 13.1 Å². The Labute approximate surface area is 106 Å². The first-order chi connectivity index (χ1) is 8.31. The first-order valence-corrected chi connectivity index (χ1v) is 5.79. The second-order valence-electron chi connectivity index (χ2n) is 3.68. The molecule has 0 aliphatic rings. The summed E-state index contributed by atoms with van der Waals surface area (Å²) in [6, 6.07) is 9.59. The Morgan fingerprint density at radius 2 is 2.00 bits per heavy atom. The van der Waals surface area contributed by atoms with Crippen LogP contribution in [0.2, 0.25) is 5.02 Å². The molecule has 0 fully saturated rings. The van der Waals surface area contributed by atoms with Crippen molar-refractivity contribution in [2.75, 3.05) is 5.32 Å². The van der Waals surface area contributed by atoms with Crippen molar-refractivity contribution in [2.24, 2.45) is 5.73 Å². The molecule has 1 heterocycles. The molecule has 0 saturated carbocycles. The van der Waals surface area contributed by atoms with Gasteiger partial charge in [0.25, 0.3) is 0 Å². The maximum absolute atomic E-state index is 6.06. The van der Waals surface area contributed by atoms with Crippen LogP contribution in [0.25, 0.3) is 0 Å². The molecular weight excluding hydrogens is 234 g/mol. The summed E-state index contributed by atoms with van der Waals surface area (Å²) in [5, 5.41) is 3.99. The minimum atomic E-state index is 0.516. The smallest absolute Gasteiger partial charge is 0.0637 e. The van der Waals surface area contributed by atoms with E-state index in [-0.39, 0.29) is 0 Å². The Bertz CT molecular complexity index is 500. The zero-order valence-electron chi connectivity index (χ0n) is 9.36. The molecule has 3 N–H and O–H groups in total. The number of hydrogen-bond acceptors (Lipinski definition) is 3. The maximum Gasteiger partial charge on any atom is 0.0637 e. The predicted molar refractivity (Wildman–Crippen MR) is 70.9 cm³/mol. The fourth-order valence-corrected chi connectivity index (χ4v) is 1.81. The van der Waals surface area contributed by atoms with Gasteiger partial charge in [0, 0.05) is 25.5 Å². The minimum Gasteiger partial charge on any atom is -0.380 e. The largest absolute Gasteiger partial charge is 0.380 e. The molecule has 17 heavy (non-hydrogen) atoms. The van der Waals surface area contributed by atoms with Gasteiger partial charge < -0.3 is 11.1 Å². The van der Waals surface area contributed by atoms with E-state index in [2.05, 4.69) is 10.3 Å². The zero-order valence-corrected chi connectivity index (χ0v) is 10.1. The van der Waals surface area contributed by atoms with Gasteiger partial charge >= 0.3 is 0 Å². The van der Waals surface area contributed by atoms with Gasteiger partial charge in [-0.3, -0.25) is 4.98 Å². The van der Waals surface area contributed by atoms with Crippen LogP contribution in [0.3, 0.4) is 0 Å². The van der Waals surface area contributed by atoms with Gasteiger partial charge in [0.2, 0.25) is 0 Å². The lowest BCUT2D eigenvalue weighted by molar-refractivity contribution is 0.989. The topological polar surface area (TPSA) is 50.9 Å². The number of para-hydroxylation sites is 1. The van der Waals surface area contributed by atoms with Crippen LogP contribution in [0.4, 0.5) is 5.69 Å². The summed E-state index contributed by atoms with van der Waals surface area (Å²) in [4.78, 5) is 4.10. The summed E-state index contributed by atoms with van der Waals surface area (Å²) >= 11 is 6.06. The average Bonchev–Trinajstić information content (AvgIpc) is 2.38. The average molecular weight is 248 g/mol. The molecule has 0 amide bonds. The summed E-state index contributed by atoms with van der Waals surface area (Å²) < 4.78 is 0. The van der Waals surface area contributed by atoms with Crippen LogP contribution in [0.5, 0.6) is 0 Å². The maximum atomic E-state index is 6.06. The highest BCUT2D eigenvalue weighted by atomic mass is 35.5. The summed E-state index contributed by atoms with van der Waals surface area (Å²) in [5.74, 6) is 0. The first kappa shape index (κ1) is 11.9. The number of nitrogens with zero attached hydrogens (tertiary/aromatic N) is 1. The van der Waals surface area contributed by atoms with E-state index in [1.807, 2.05) is 36.5 Å². The Hall–Kier alpha value is -1.58. The van der Waals surface area contributed by atoms with Crippen LogP contribution in [-0.2, 0) is 13.1 Å². The van der Waals surface area contributed by atoms with Gasteiger partial charge in [-0.1, -0.05) is 23.7 Å². The fourth-order valence-electron chi connectivity index (χ4n) is 1.61. The molecular formula is C13H14ClN3. The lowest BCUT2D eigenvalue weighted by Crippen LogP contribution is -2.07. The molecule has 3 nitrogen and oxygen atoms in total. The lowest BCUT2D eigenvalue weighted by atomic mass is 10.1. The standard InChI is InChI=1S/C13H14ClN3/c14-12-3-1-2-4-13(12)17-9-11-8-16-6-5-10(11)7-15/h1-6,8,17H,7,9,15H2. The highest BCUT2D eigenvalue weighted by Crippen LogP contribution is 2.21. The second kappa shape index (κ2) is 5.66. The monoisotopic (exact) mass is 247 g/mol. The molecule has 0 saturated heterocycles. The molecule has 0 unspecified atom stereocenters. The highest BCUT2D eigenvalue weighted by Gasteiger charge is 2.02. The number of nitrogens with one attached hydrogen (secondary N) is 1. The van der Waals surface area contributed by atoms with Crippen LogP contribution >= 0.6 is 11.6 Å². The third kappa shape index (κ3) is 2.96. The van der Waals surface area contributed by atoms with Crippen molar-refractivity contribution in [1.82, 2.24) is 4.98 Å². The van der Waals surface area contributed by atoms with E-state index in [9.17, 15) is 0 Å². The molecule has 2 aromatic rings. The second-order valence-corrected chi connectivity index (χ2v) is 4.09. The van der Waals surface area contributed by atoms with Gasteiger partial charge in [-0.25, -0.2) is 0 Å². The van der Waals surface area contributed by atoms with Crippen molar-refractivity contribution >= 4 is 17.3 Å². The Morgan fingerprint density at radius 3 is 2.76 bits per heavy atom. The molecule has 0 aliphatic carbocycles. The Morgan fingerprint density at radius 1 is 1.18 bits per heavy atom. The molecule has 0 spiro atoms. The van der Waals surface area contributed by atoms with E-state index >= 15 is 0 Å². The summed E-state index contributed by atoms with van der Waals surface area (Å²) in [6.07, 6.45) is 3.58. The van der Waals surface area contributed by atoms with E-state index in [0.717, 1.165) is 16.8 Å². The normalized spacial score (nSPS) is 10.2. The van der Waals surface area contributed by atoms with Crippen molar-refractivity contribution in [3.63, 3.8) is 0 Å². The summed E-state index contributed by atoms with van der Waals surface area (Å²) in [7, 11) is 0. The van der Waals surface area contributed by atoms with E-state index in [4.69, 9.17) is 17.3 Å². The van der Waals surface area contributed by atoms with Gasteiger partial charge in [0.1, 0.15) is 0 Å². The van der Waals surface area contributed by atoms with E-state index in [1.54, 1.807) is 6.20 Å². The van der Waals surface area contributed by atoms with Crippen molar-refractivity contribution < 1.29 is 0 Å². The van der Waals surface area contributed by atoms with E-state index in [0.29, 0.717) is 18.1 Å². The van der Waals surface area contributed by atoms with Gasteiger partial charge in [-0.05, 0) is 29.3 Å². The quantitative estimate of drug-likeness (QED) is 0.874. The number of aromatic nitrogens is 1. The molecule has 0 aliphatic heterocycles. The number of anilines is 1. The molecule has 4 heteroatoms. The molecule has 1 aromatic heterocycles. The van der Waals surface area contributed by atoms with Crippen molar-refractivity contribution in [1.29, 1.82) is 0 Å². The van der Waals surface area contributed by atoms with Crippen LogP contribution < -0.4 is 11.1 Å². The third-order valence-corrected chi connectivity index (χ3v) is 2.90. The number of benzene rings is 1. The molecule has 0 radical (unpaired) electrons. The number of pyridine rings is 1. The van der Waals surface area contributed by atoms with E-state index in [1.165, 1.54) is 0 Å². The van der Waals surface area contributed by atoms with Gasteiger partial charge in [0.05, 0.1) is 10.7 Å². The number of rotatable bonds is 4. The highest BCUT2D eigenvalue weighted by molar-refractivity contribution is 6.33. The number of nitrogens with two attached hydrogens (primary N) is 1. The molecule has 88 valence electrons. The SMILES string of the molecule is NCc1ccncc1CNc1ccccc1Cl. The Balaban J connectivity index is 2.10. The lowest BCUT2D eigenvalue weighted by Gasteiger charge is -2.10. The van der Waals surface area contributed by atoms with Crippen LogP contribution in [0.15, 0.2) is 42.7 Å². The molecule has 2 rings (SSSR count). The van der Waals surface area contributed by atoms with Crippen LogP contribution in [0.1, 0.15) is 11.1 Å². The zero-order chi connectivity index (χ0) is 12.1. The predicted octanol–water partition coefficient (Wildman–Crippen LogP) is 2.81. The summed E-state index contributed by atoms with van der Waals surface area (Å²) in [5.41, 5.74) is 8.77. The van der Waals surface area contributed by atoms with Gasteiger partial charge in [-0.15, -0.1) is 0 Å². The van der Waals surface area contributed by atoms with Gasteiger partial charge in [0.15, 0.2) is 0 Å². The molecule has 0 bridgehead atoms. The first-order valence-electron chi connectivity index (χ1n) is 5.41. The minimum absolute atomic E-state index is 0.516. The summed E-state index contributed by atoms with van der Waals surface area (Å²) in [6.45, 7) is 1.19. The third-order valence-electron chi connectivity index (χ3n) is 2.57. The van der Waals surface area contributed by atoms with Crippen LogP contribution in [-0.4, -0.2) is 4.98 Å². The number of hydrogen-bond donors (Lipinski definition) is 2. The molecule has 1 aromatic carbocycles. The van der Waals surface area contributed by atoms with Crippen molar-refractivity contribution in [3.05, 3.63) is 58.9 Å². The van der Waals surface area contributed by atoms with Crippen molar-refractivity contribution in [3.8, 4) is 0 Å². The Kier molecular flexibility index (Phi) is 3.96. The van der Waals surface area contributed by atoms with Gasteiger partial charge in [-0.2, -0.15) is 0 Å². The van der Waals surface area contributed by atoms with Crippen LogP contribution in [0, 0.1) is 0 Å². The molecule has 0 atom stereocenters. The van der Waals surface area contributed by atoms with E-state index < -0.39 is 0 Å². The number of halogens is 1.